The third-order valence-electron chi connectivity index (χ3n) is 6.83. The average molecular weight is 486 g/mol. The second kappa shape index (κ2) is 8.50. The standard InChI is InChI=1S/C24H24FN3O5S/c1-32-19-9-2-16(3-10-19)4-11-21(29)28-14-24(15-28)20(12-13-34(24,30)31)23-26-22(27-33-23)17-5-7-18(25)8-6-17/h2-3,5-10,20H,4,11-15H2,1H3. The molecule has 2 saturated heterocycles. The molecule has 2 fully saturated rings. The Morgan fingerprint density at radius 3 is 2.56 bits per heavy atom. The predicted molar refractivity (Wildman–Crippen MR) is 121 cm³/mol. The molecule has 0 aliphatic carbocycles. The second-order valence-corrected chi connectivity index (χ2v) is 11.2. The van der Waals surface area contributed by atoms with Gasteiger partial charge in [0.25, 0.3) is 0 Å². The Hall–Kier alpha value is -3.27. The Labute approximate surface area is 196 Å². The lowest BCUT2D eigenvalue weighted by molar-refractivity contribution is -0.136. The van der Waals surface area contributed by atoms with Crippen molar-refractivity contribution in [2.45, 2.75) is 29.9 Å². The molecule has 2 aliphatic heterocycles. The maximum atomic E-state index is 13.2. The number of hydrogen-bond acceptors (Lipinski definition) is 7. The Balaban J connectivity index is 1.27. The van der Waals surface area contributed by atoms with Gasteiger partial charge in [-0.05, 0) is 54.8 Å². The molecular weight excluding hydrogens is 461 g/mol. The van der Waals surface area contributed by atoms with E-state index in [1.54, 1.807) is 12.0 Å². The normalized spacial score (nSPS) is 20.3. The van der Waals surface area contributed by atoms with Gasteiger partial charge >= 0.3 is 0 Å². The number of aromatic nitrogens is 2. The molecule has 0 bridgehead atoms. The van der Waals surface area contributed by atoms with Crippen LogP contribution in [0.15, 0.2) is 53.1 Å². The molecule has 1 aromatic heterocycles. The summed E-state index contributed by atoms with van der Waals surface area (Å²) in [5.74, 6) is 0.344. The summed E-state index contributed by atoms with van der Waals surface area (Å²) < 4.78 is 48.7. The van der Waals surface area contributed by atoms with Crippen LogP contribution in [0.1, 0.15) is 30.2 Å². The Morgan fingerprint density at radius 1 is 1.18 bits per heavy atom. The lowest BCUT2D eigenvalue weighted by Crippen LogP contribution is -2.67. The van der Waals surface area contributed by atoms with Gasteiger partial charge in [0.1, 0.15) is 16.3 Å². The van der Waals surface area contributed by atoms with Crippen molar-refractivity contribution in [1.29, 1.82) is 0 Å². The minimum atomic E-state index is -3.43. The molecule has 5 rings (SSSR count). The zero-order valence-corrected chi connectivity index (χ0v) is 19.4. The first-order valence-electron chi connectivity index (χ1n) is 11.0. The van der Waals surface area contributed by atoms with E-state index in [1.165, 1.54) is 24.3 Å². The van der Waals surface area contributed by atoms with Gasteiger partial charge in [-0.2, -0.15) is 4.98 Å². The molecule has 3 aromatic rings. The molecule has 1 atom stereocenters. The molecule has 0 N–H and O–H groups in total. The summed E-state index contributed by atoms with van der Waals surface area (Å²) in [5, 5.41) is 3.97. The minimum Gasteiger partial charge on any atom is -0.497 e. The summed E-state index contributed by atoms with van der Waals surface area (Å²) in [6.07, 6.45) is 1.22. The van der Waals surface area contributed by atoms with E-state index in [4.69, 9.17) is 9.26 Å². The van der Waals surface area contributed by atoms with E-state index in [0.717, 1.165) is 11.3 Å². The smallest absolute Gasteiger partial charge is 0.231 e. The van der Waals surface area contributed by atoms with E-state index in [-0.39, 0.29) is 42.3 Å². The highest BCUT2D eigenvalue weighted by Gasteiger charge is 2.64. The fraction of sp³-hybridized carbons (Fsp3) is 0.375. The van der Waals surface area contributed by atoms with Crippen LogP contribution < -0.4 is 4.74 Å². The first kappa shape index (κ1) is 22.5. The number of methoxy groups -OCH3 is 1. The van der Waals surface area contributed by atoms with E-state index in [9.17, 15) is 17.6 Å². The molecule has 2 aliphatic rings. The number of carbonyl (C=O) groups is 1. The molecule has 3 heterocycles. The van der Waals surface area contributed by atoms with E-state index in [1.807, 2.05) is 24.3 Å². The summed E-state index contributed by atoms with van der Waals surface area (Å²) in [6.45, 7) is 0.241. The van der Waals surface area contributed by atoms with Gasteiger partial charge in [-0.1, -0.05) is 17.3 Å². The number of ether oxygens (including phenoxy) is 1. The molecule has 2 aromatic carbocycles. The predicted octanol–water partition coefficient (Wildman–Crippen LogP) is 3.00. The number of benzene rings is 2. The summed E-state index contributed by atoms with van der Waals surface area (Å²) in [5.41, 5.74) is 1.59. The molecule has 1 spiro atoms. The highest BCUT2D eigenvalue weighted by molar-refractivity contribution is 7.93. The average Bonchev–Trinajstić information content (AvgIpc) is 3.39. The molecule has 8 nitrogen and oxygen atoms in total. The number of halogens is 1. The number of hydrogen-bond donors (Lipinski definition) is 0. The van der Waals surface area contributed by atoms with Crippen molar-refractivity contribution in [3.8, 4) is 17.1 Å². The van der Waals surface area contributed by atoms with Gasteiger partial charge in [0, 0.05) is 25.1 Å². The third kappa shape index (κ3) is 3.85. The lowest BCUT2D eigenvalue weighted by Gasteiger charge is -2.49. The van der Waals surface area contributed by atoms with Gasteiger partial charge in [0.15, 0.2) is 9.84 Å². The van der Waals surface area contributed by atoms with Gasteiger partial charge in [-0.25, -0.2) is 12.8 Å². The van der Waals surface area contributed by atoms with Gasteiger partial charge in [0.05, 0.1) is 18.8 Å². The van der Waals surface area contributed by atoms with E-state index in [2.05, 4.69) is 10.1 Å². The van der Waals surface area contributed by atoms with Crippen LogP contribution in [0.5, 0.6) is 5.75 Å². The Kier molecular flexibility index (Phi) is 5.63. The van der Waals surface area contributed by atoms with Crippen LogP contribution in [0.2, 0.25) is 0 Å². The van der Waals surface area contributed by atoms with Crippen LogP contribution in [0.3, 0.4) is 0 Å². The quantitative estimate of drug-likeness (QED) is 0.529. The molecule has 1 amide bonds. The van der Waals surface area contributed by atoms with Crippen LogP contribution in [0.25, 0.3) is 11.4 Å². The van der Waals surface area contributed by atoms with Crippen molar-refractivity contribution in [3.05, 3.63) is 65.8 Å². The van der Waals surface area contributed by atoms with Gasteiger partial charge < -0.3 is 14.2 Å². The molecule has 1 unspecified atom stereocenters. The number of likely N-dealkylation sites (tertiary alicyclic amines) is 1. The van der Waals surface area contributed by atoms with E-state index >= 15 is 0 Å². The maximum Gasteiger partial charge on any atom is 0.231 e. The molecule has 0 saturated carbocycles. The molecule has 10 heteroatoms. The number of amides is 1. The van der Waals surface area contributed by atoms with Crippen molar-refractivity contribution < 1.29 is 26.9 Å². The van der Waals surface area contributed by atoms with Crippen LogP contribution in [-0.4, -0.2) is 60.1 Å². The fourth-order valence-corrected chi connectivity index (χ4v) is 7.10. The van der Waals surface area contributed by atoms with Crippen LogP contribution in [-0.2, 0) is 21.1 Å². The topological polar surface area (TPSA) is 103 Å². The monoisotopic (exact) mass is 485 g/mol. The first-order chi connectivity index (χ1) is 16.3. The van der Waals surface area contributed by atoms with Gasteiger partial charge in [0.2, 0.25) is 17.6 Å². The molecule has 0 radical (unpaired) electrons. The number of aryl methyl sites for hydroxylation is 1. The van der Waals surface area contributed by atoms with Gasteiger partial charge in [-0.3, -0.25) is 4.79 Å². The number of rotatable bonds is 6. The van der Waals surface area contributed by atoms with Crippen molar-refractivity contribution in [3.63, 3.8) is 0 Å². The van der Waals surface area contributed by atoms with Crippen molar-refractivity contribution in [1.82, 2.24) is 15.0 Å². The SMILES string of the molecule is COc1ccc(CCC(=O)N2CC3(C2)C(c2nc(-c4ccc(F)cc4)no2)CCS3(=O)=O)cc1. The van der Waals surface area contributed by atoms with E-state index < -0.39 is 20.5 Å². The van der Waals surface area contributed by atoms with Crippen LogP contribution in [0.4, 0.5) is 4.39 Å². The fourth-order valence-electron chi connectivity index (χ4n) is 4.79. The Bertz CT molecular complexity index is 1300. The largest absolute Gasteiger partial charge is 0.497 e. The number of sulfone groups is 1. The first-order valence-corrected chi connectivity index (χ1v) is 12.7. The summed E-state index contributed by atoms with van der Waals surface area (Å²) in [6, 6.07) is 13.2. The number of nitrogens with zero attached hydrogens (tertiary/aromatic N) is 3. The van der Waals surface area contributed by atoms with Crippen LogP contribution in [0, 0.1) is 5.82 Å². The number of carbonyl (C=O) groups excluding carboxylic acids is 1. The second-order valence-electron chi connectivity index (χ2n) is 8.79. The molecule has 178 valence electrons. The zero-order chi connectivity index (χ0) is 23.9. The summed E-state index contributed by atoms with van der Waals surface area (Å²) in [4.78, 5) is 18.8. The van der Waals surface area contributed by atoms with Crippen molar-refractivity contribution in [2.24, 2.45) is 0 Å². The molecular formula is C24H24FN3O5S. The van der Waals surface area contributed by atoms with Crippen molar-refractivity contribution in [2.75, 3.05) is 26.0 Å². The minimum absolute atomic E-state index is 0.0137. The van der Waals surface area contributed by atoms with Gasteiger partial charge in [-0.15, -0.1) is 0 Å². The summed E-state index contributed by atoms with van der Waals surface area (Å²) >= 11 is 0. The summed E-state index contributed by atoms with van der Waals surface area (Å²) in [7, 11) is -1.84. The highest BCUT2D eigenvalue weighted by Crippen LogP contribution is 2.49. The lowest BCUT2D eigenvalue weighted by atomic mass is 9.82. The van der Waals surface area contributed by atoms with Crippen molar-refractivity contribution >= 4 is 15.7 Å². The highest BCUT2D eigenvalue weighted by atomic mass is 32.2. The Morgan fingerprint density at radius 2 is 1.88 bits per heavy atom. The maximum absolute atomic E-state index is 13.2. The third-order valence-corrected chi connectivity index (χ3v) is 9.38. The van der Waals surface area contributed by atoms with Crippen LogP contribution >= 0.6 is 0 Å². The van der Waals surface area contributed by atoms with E-state index in [0.29, 0.717) is 24.8 Å². The zero-order valence-electron chi connectivity index (χ0n) is 18.6. The molecule has 34 heavy (non-hydrogen) atoms.